The zero-order valence-corrected chi connectivity index (χ0v) is 15.0. The Hall–Kier alpha value is -2.51. The standard InChI is InChI=1S/C17H16ClN5OS/c1-23-16(13-7-2-3-8-14(13)19)21-22-17(23)25-10-15(24)20-12-6-4-5-11(18)9-12/h2-9H,10,19H2,1H3,(H,20,24). The van der Waals surface area contributed by atoms with E-state index in [1.165, 1.54) is 11.8 Å². The number of carbonyl (C=O) groups excluding carboxylic acids is 1. The van der Waals surface area contributed by atoms with Crippen molar-refractivity contribution in [1.82, 2.24) is 14.8 Å². The Balaban J connectivity index is 1.66. The van der Waals surface area contributed by atoms with Crippen LogP contribution in [0.3, 0.4) is 0 Å². The first kappa shape index (κ1) is 17.3. The second-order valence-electron chi connectivity index (χ2n) is 5.30. The number of hydrogen-bond acceptors (Lipinski definition) is 5. The van der Waals surface area contributed by atoms with Crippen molar-refractivity contribution in [2.45, 2.75) is 5.16 Å². The van der Waals surface area contributed by atoms with Gasteiger partial charge in [0.05, 0.1) is 5.75 Å². The van der Waals surface area contributed by atoms with Gasteiger partial charge in [-0.3, -0.25) is 4.79 Å². The first-order valence-electron chi connectivity index (χ1n) is 7.47. The van der Waals surface area contributed by atoms with Gasteiger partial charge >= 0.3 is 0 Å². The van der Waals surface area contributed by atoms with Crippen LogP contribution in [0.1, 0.15) is 0 Å². The third kappa shape index (κ3) is 4.12. The minimum absolute atomic E-state index is 0.143. The fourth-order valence-corrected chi connectivity index (χ4v) is 3.17. The van der Waals surface area contributed by atoms with Crippen LogP contribution in [0.2, 0.25) is 5.02 Å². The summed E-state index contributed by atoms with van der Waals surface area (Å²) in [5, 5.41) is 12.3. The molecule has 3 N–H and O–H groups in total. The van der Waals surface area contributed by atoms with Crippen LogP contribution in [-0.4, -0.2) is 26.4 Å². The van der Waals surface area contributed by atoms with Gasteiger partial charge in [-0.1, -0.05) is 41.6 Å². The van der Waals surface area contributed by atoms with Crippen LogP contribution in [0.4, 0.5) is 11.4 Å². The molecule has 0 bridgehead atoms. The molecule has 0 atom stereocenters. The Bertz CT molecular complexity index is 912. The Morgan fingerprint density at radius 1 is 1.24 bits per heavy atom. The molecule has 0 unspecified atom stereocenters. The number of nitrogens with one attached hydrogen (secondary N) is 1. The monoisotopic (exact) mass is 373 g/mol. The topological polar surface area (TPSA) is 85.8 Å². The van der Waals surface area contributed by atoms with E-state index < -0.39 is 0 Å². The molecule has 128 valence electrons. The molecular formula is C17H16ClN5OS. The van der Waals surface area contributed by atoms with Crippen LogP contribution in [0.15, 0.2) is 53.7 Å². The summed E-state index contributed by atoms with van der Waals surface area (Å²) < 4.78 is 1.82. The molecule has 0 aliphatic heterocycles. The van der Waals surface area contributed by atoms with Crippen molar-refractivity contribution in [3.8, 4) is 11.4 Å². The average Bonchev–Trinajstić information content (AvgIpc) is 2.94. The number of aromatic nitrogens is 3. The number of halogens is 1. The number of hydrogen-bond donors (Lipinski definition) is 2. The highest BCUT2D eigenvalue weighted by Crippen LogP contribution is 2.26. The van der Waals surface area contributed by atoms with Crippen molar-refractivity contribution in [2.75, 3.05) is 16.8 Å². The number of nitrogen functional groups attached to an aromatic ring is 1. The van der Waals surface area contributed by atoms with E-state index in [9.17, 15) is 4.79 Å². The summed E-state index contributed by atoms with van der Waals surface area (Å²) in [5.74, 6) is 0.731. The maximum atomic E-state index is 12.1. The Morgan fingerprint density at radius 3 is 2.80 bits per heavy atom. The van der Waals surface area contributed by atoms with Gasteiger partial charge in [0.15, 0.2) is 11.0 Å². The molecule has 1 amide bonds. The number of nitrogens with zero attached hydrogens (tertiary/aromatic N) is 3. The first-order valence-corrected chi connectivity index (χ1v) is 8.83. The van der Waals surface area contributed by atoms with Crippen molar-refractivity contribution in [1.29, 1.82) is 0 Å². The number of benzene rings is 2. The first-order chi connectivity index (χ1) is 12.0. The van der Waals surface area contributed by atoms with Gasteiger partial charge in [-0.05, 0) is 30.3 Å². The van der Waals surface area contributed by atoms with E-state index in [0.29, 0.717) is 27.4 Å². The lowest BCUT2D eigenvalue weighted by atomic mass is 10.2. The third-order valence-electron chi connectivity index (χ3n) is 3.48. The molecule has 1 aromatic heterocycles. The second-order valence-corrected chi connectivity index (χ2v) is 6.68. The van der Waals surface area contributed by atoms with E-state index in [0.717, 1.165) is 5.56 Å². The predicted octanol–water partition coefficient (Wildman–Crippen LogP) is 3.45. The number of para-hydroxylation sites is 1. The fourth-order valence-electron chi connectivity index (χ4n) is 2.27. The molecule has 2 aromatic carbocycles. The zero-order valence-electron chi connectivity index (χ0n) is 13.4. The molecule has 0 aliphatic rings. The van der Waals surface area contributed by atoms with Gasteiger partial charge in [0, 0.05) is 29.0 Å². The molecule has 0 spiro atoms. The number of amides is 1. The molecular weight excluding hydrogens is 358 g/mol. The summed E-state index contributed by atoms with van der Waals surface area (Å²) in [4.78, 5) is 12.1. The largest absolute Gasteiger partial charge is 0.398 e. The minimum atomic E-state index is -0.143. The molecule has 0 fully saturated rings. The van der Waals surface area contributed by atoms with Gasteiger partial charge in [-0.15, -0.1) is 10.2 Å². The van der Waals surface area contributed by atoms with Crippen molar-refractivity contribution < 1.29 is 4.79 Å². The second kappa shape index (κ2) is 7.58. The van der Waals surface area contributed by atoms with Crippen LogP contribution in [-0.2, 0) is 11.8 Å². The Labute approximate surface area is 154 Å². The molecule has 1 heterocycles. The normalized spacial score (nSPS) is 10.6. The van der Waals surface area contributed by atoms with E-state index in [-0.39, 0.29) is 11.7 Å². The Morgan fingerprint density at radius 2 is 2.04 bits per heavy atom. The van der Waals surface area contributed by atoms with Gasteiger partial charge in [-0.25, -0.2) is 0 Å². The quantitative estimate of drug-likeness (QED) is 0.528. The maximum Gasteiger partial charge on any atom is 0.234 e. The van der Waals surface area contributed by atoms with Gasteiger partial charge < -0.3 is 15.6 Å². The molecule has 3 rings (SSSR count). The molecule has 6 nitrogen and oxygen atoms in total. The molecule has 0 saturated heterocycles. The van der Waals surface area contributed by atoms with Crippen molar-refractivity contribution in [2.24, 2.45) is 7.05 Å². The summed E-state index contributed by atoms with van der Waals surface area (Å²) in [6, 6.07) is 14.5. The highest BCUT2D eigenvalue weighted by Gasteiger charge is 2.14. The lowest BCUT2D eigenvalue weighted by molar-refractivity contribution is -0.113. The van der Waals surface area contributed by atoms with Crippen LogP contribution < -0.4 is 11.1 Å². The van der Waals surface area contributed by atoms with E-state index >= 15 is 0 Å². The summed E-state index contributed by atoms with van der Waals surface area (Å²) in [6.07, 6.45) is 0. The van der Waals surface area contributed by atoms with Gasteiger partial charge in [0.25, 0.3) is 0 Å². The highest BCUT2D eigenvalue weighted by atomic mass is 35.5. The lowest BCUT2D eigenvalue weighted by Gasteiger charge is -2.07. The molecule has 0 aliphatic carbocycles. The van der Waals surface area contributed by atoms with Gasteiger partial charge in [-0.2, -0.15) is 0 Å². The molecule has 8 heteroatoms. The predicted molar refractivity (Wildman–Crippen MR) is 102 cm³/mol. The fraction of sp³-hybridized carbons (Fsp3) is 0.118. The Kier molecular flexibility index (Phi) is 5.25. The zero-order chi connectivity index (χ0) is 17.8. The van der Waals surface area contributed by atoms with E-state index in [1.807, 2.05) is 35.9 Å². The van der Waals surface area contributed by atoms with E-state index in [2.05, 4.69) is 15.5 Å². The summed E-state index contributed by atoms with van der Waals surface area (Å²) in [5.41, 5.74) is 8.09. The van der Waals surface area contributed by atoms with E-state index in [1.54, 1.807) is 24.3 Å². The lowest BCUT2D eigenvalue weighted by Crippen LogP contribution is -2.14. The maximum absolute atomic E-state index is 12.1. The van der Waals surface area contributed by atoms with Gasteiger partial charge in [0.2, 0.25) is 5.91 Å². The molecule has 0 radical (unpaired) electrons. The molecule has 3 aromatic rings. The van der Waals surface area contributed by atoms with Crippen LogP contribution in [0.5, 0.6) is 0 Å². The number of rotatable bonds is 5. The van der Waals surface area contributed by atoms with Crippen molar-refractivity contribution in [3.05, 3.63) is 53.6 Å². The van der Waals surface area contributed by atoms with Crippen LogP contribution in [0, 0.1) is 0 Å². The summed E-state index contributed by atoms with van der Waals surface area (Å²) in [7, 11) is 1.85. The third-order valence-corrected chi connectivity index (χ3v) is 4.73. The highest BCUT2D eigenvalue weighted by molar-refractivity contribution is 7.99. The summed E-state index contributed by atoms with van der Waals surface area (Å²) >= 11 is 7.21. The molecule has 25 heavy (non-hydrogen) atoms. The van der Waals surface area contributed by atoms with Crippen molar-refractivity contribution in [3.63, 3.8) is 0 Å². The smallest absolute Gasteiger partial charge is 0.234 e. The van der Waals surface area contributed by atoms with Gasteiger partial charge in [0.1, 0.15) is 0 Å². The number of thioether (sulfide) groups is 1. The number of carbonyl (C=O) groups is 1. The van der Waals surface area contributed by atoms with Crippen LogP contribution >= 0.6 is 23.4 Å². The van der Waals surface area contributed by atoms with Crippen molar-refractivity contribution >= 4 is 40.6 Å². The van der Waals surface area contributed by atoms with E-state index in [4.69, 9.17) is 17.3 Å². The average molecular weight is 374 g/mol. The summed E-state index contributed by atoms with van der Waals surface area (Å²) in [6.45, 7) is 0. The number of anilines is 2. The SMILES string of the molecule is Cn1c(SCC(=O)Nc2cccc(Cl)c2)nnc1-c1ccccc1N. The number of nitrogens with two attached hydrogens (primary N) is 1. The minimum Gasteiger partial charge on any atom is -0.398 e. The van der Waals surface area contributed by atoms with Crippen LogP contribution in [0.25, 0.3) is 11.4 Å². The molecule has 0 saturated carbocycles.